The van der Waals surface area contributed by atoms with Crippen molar-refractivity contribution in [3.8, 4) is 0 Å². The van der Waals surface area contributed by atoms with Gasteiger partial charge in [-0.1, -0.05) is 36.2 Å². The maximum absolute atomic E-state index is 12.0. The maximum atomic E-state index is 12.0. The lowest BCUT2D eigenvalue weighted by atomic mass is 9.75. The summed E-state index contributed by atoms with van der Waals surface area (Å²) in [5.41, 5.74) is 3.76. The van der Waals surface area contributed by atoms with Gasteiger partial charge in [0.15, 0.2) is 0 Å². The first kappa shape index (κ1) is 11.4. The maximum Gasteiger partial charge on any atom is 0.140 e. The zero-order valence-electron chi connectivity index (χ0n) is 10.4. The Bertz CT molecular complexity index is 386. The molecule has 0 amide bonds. The molecule has 0 bridgehead atoms. The van der Waals surface area contributed by atoms with Gasteiger partial charge in [0, 0.05) is 12.3 Å². The predicted octanol–water partition coefficient (Wildman–Crippen LogP) is 3.78. The molecule has 0 aliphatic heterocycles. The zero-order chi connectivity index (χ0) is 11.7. The summed E-state index contributed by atoms with van der Waals surface area (Å²) in [6, 6.07) is 6.52. The molecule has 1 nitrogen and oxygen atoms in total. The Balaban J connectivity index is 2.37. The molecule has 0 heterocycles. The molecule has 1 heteroatoms. The molecule has 0 aromatic heterocycles. The molecule has 0 spiro atoms. The van der Waals surface area contributed by atoms with Gasteiger partial charge in [-0.2, -0.15) is 0 Å². The van der Waals surface area contributed by atoms with Gasteiger partial charge < -0.3 is 0 Å². The number of ketones is 1. The number of aryl methyl sites for hydroxylation is 2. The molecule has 1 aliphatic rings. The minimum absolute atomic E-state index is 0.146. The van der Waals surface area contributed by atoms with Crippen molar-refractivity contribution >= 4 is 5.78 Å². The predicted molar refractivity (Wildman–Crippen MR) is 66.7 cm³/mol. The van der Waals surface area contributed by atoms with Crippen molar-refractivity contribution in [1.29, 1.82) is 0 Å². The van der Waals surface area contributed by atoms with Crippen LogP contribution in [0, 0.1) is 19.8 Å². The summed E-state index contributed by atoms with van der Waals surface area (Å²) in [5.74, 6) is 1.08. The second-order valence-corrected chi connectivity index (χ2v) is 5.23. The third-order valence-corrected chi connectivity index (χ3v) is 3.60. The normalized spacial score (nSPS) is 25.8. The van der Waals surface area contributed by atoms with Crippen LogP contribution in [-0.4, -0.2) is 5.78 Å². The van der Waals surface area contributed by atoms with Crippen LogP contribution in [0.5, 0.6) is 0 Å². The average molecular weight is 216 g/mol. The fourth-order valence-corrected chi connectivity index (χ4v) is 2.94. The Morgan fingerprint density at radius 1 is 1.12 bits per heavy atom. The first-order valence-electron chi connectivity index (χ1n) is 6.19. The molecule has 1 saturated carbocycles. The number of hydrogen-bond acceptors (Lipinski definition) is 1. The Kier molecular flexibility index (Phi) is 3.13. The molecule has 0 radical (unpaired) electrons. The summed E-state index contributed by atoms with van der Waals surface area (Å²) < 4.78 is 0. The molecule has 2 atom stereocenters. The average Bonchev–Trinajstić information content (AvgIpc) is 2.15. The van der Waals surface area contributed by atoms with E-state index in [0.29, 0.717) is 11.7 Å². The molecule has 16 heavy (non-hydrogen) atoms. The molecule has 1 fully saturated rings. The van der Waals surface area contributed by atoms with Crippen LogP contribution in [0.2, 0.25) is 0 Å². The molecule has 2 rings (SSSR count). The van der Waals surface area contributed by atoms with Gasteiger partial charge in [-0.05, 0) is 38.2 Å². The number of carbonyl (C=O) groups is 1. The van der Waals surface area contributed by atoms with Crippen LogP contribution in [0.3, 0.4) is 0 Å². The van der Waals surface area contributed by atoms with Crippen molar-refractivity contribution in [2.45, 2.75) is 46.0 Å². The second-order valence-electron chi connectivity index (χ2n) is 5.23. The van der Waals surface area contributed by atoms with Gasteiger partial charge in [-0.15, -0.1) is 0 Å². The summed E-state index contributed by atoms with van der Waals surface area (Å²) >= 11 is 0. The second kappa shape index (κ2) is 4.40. The molecule has 86 valence electrons. The van der Waals surface area contributed by atoms with Gasteiger partial charge >= 0.3 is 0 Å². The minimum Gasteiger partial charge on any atom is -0.299 e. The lowest BCUT2D eigenvalue weighted by Crippen LogP contribution is -2.24. The molecule has 0 saturated heterocycles. The standard InChI is InChI=1S/C15H20O/c1-10-7-11(2)9-13(8-10)15-12(3)5-4-6-14(15)16/h7-9,12,15H,4-6H2,1-3H3/t12-,15-/m0/s1. The lowest BCUT2D eigenvalue weighted by Gasteiger charge is -2.28. The SMILES string of the molecule is Cc1cc(C)cc([C@H]2C(=O)CCC[C@@H]2C)c1. The smallest absolute Gasteiger partial charge is 0.140 e. The van der Waals surface area contributed by atoms with Crippen molar-refractivity contribution in [3.05, 3.63) is 34.9 Å². The van der Waals surface area contributed by atoms with Crippen LogP contribution >= 0.6 is 0 Å². The number of hydrogen-bond donors (Lipinski definition) is 0. The van der Waals surface area contributed by atoms with E-state index in [2.05, 4.69) is 39.0 Å². The quantitative estimate of drug-likeness (QED) is 0.698. The van der Waals surface area contributed by atoms with Crippen molar-refractivity contribution < 1.29 is 4.79 Å². The van der Waals surface area contributed by atoms with Crippen LogP contribution in [0.1, 0.15) is 48.8 Å². The zero-order valence-corrected chi connectivity index (χ0v) is 10.4. The number of carbonyl (C=O) groups excluding carboxylic acids is 1. The summed E-state index contributed by atoms with van der Waals surface area (Å²) in [4.78, 5) is 12.0. The van der Waals surface area contributed by atoms with Crippen molar-refractivity contribution in [1.82, 2.24) is 0 Å². The molecule has 0 N–H and O–H groups in total. The van der Waals surface area contributed by atoms with E-state index in [1.807, 2.05) is 0 Å². The summed E-state index contributed by atoms with van der Waals surface area (Å²) in [7, 11) is 0. The van der Waals surface area contributed by atoms with Gasteiger partial charge in [0.2, 0.25) is 0 Å². The van der Waals surface area contributed by atoms with Gasteiger partial charge in [-0.25, -0.2) is 0 Å². The molecule has 1 aromatic carbocycles. The Morgan fingerprint density at radius 2 is 1.75 bits per heavy atom. The van der Waals surface area contributed by atoms with E-state index < -0.39 is 0 Å². The van der Waals surface area contributed by atoms with Gasteiger partial charge in [0.05, 0.1) is 0 Å². The highest BCUT2D eigenvalue weighted by molar-refractivity contribution is 5.86. The lowest BCUT2D eigenvalue weighted by molar-refractivity contribution is -0.123. The van der Waals surface area contributed by atoms with Gasteiger partial charge in [0.1, 0.15) is 5.78 Å². The Morgan fingerprint density at radius 3 is 2.31 bits per heavy atom. The van der Waals surface area contributed by atoms with Crippen LogP contribution in [-0.2, 0) is 4.79 Å². The largest absolute Gasteiger partial charge is 0.299 e. The van der Waals surface area contributed by atoms with Crippen LogP contribution < -0.4 is 0 Å². The van der Waals surface area contributed by atoms with Gasteiger partial charge in [-0.3, -0.25) is 4.79 Å². The summed E-state index contributed by atoms with van der Waals surface area (Å²) in [6.07, 6.45) is 3.02. The summed E-state index contributed by atoms with van der Waals surface area (Å²) in [6.45, 7) is 6.42. The van der Waals surface area contributed by atoms with E-state index in [4.69, 9.17) is 0 Å². The molecule has 1 aliphatic carbocycles. The molecule has 0 unspecified atom stereocenters. The van der Waals surface area contributed by atoms with Crippen molar-refractivity contribution in [2.75, 3.05) is 0 Å². The third-order valence-electron chi connectivity index (χ3n) is 3.60. The highest BCUT2D eigenvalue weighted by atomic mass is 16.1. The van der Waals surface area contributed by atoms with E-state index in [-0.39, 0.29) is 5.92 Å². The van der Waals surface area contributed by atoms with E-state index in [0.717, 1.165) is 12.8 Å². The number of rotatable bonds is 1. The highest BCUT2D eigenvalue weighted by Crippen LogP contribution is 2.35. The van der Waals surface area contributed by atoms with E-state index in [9.17, 15) is 4.79 Å². The first-order valence-corrected chi connectivity index (χ1v) is 6.19. The van der Waals surface area contributed by atoms with Gasteiger partial charge in [0.25, 0.3) is 0 Å². The van der Waals surface area contributed by atoms with Crippen LogP contribution in [0.25, 0.3) is 0 Å². The highest BCUT2D eigenvalue weighted by Gasteiger charge is 2.30. The number of benzene rings is 1. The van der Waals surface area contributed by atoms with Crippen molar-refractivity contribution in [3.63, 3.8) is 0 Å². The Hall–Kier alpha value is -1.11. The third kappa shape index (κ3) is 2.18. The Labute approximate surface area is 97.9 Å². The van der Waals surface area contributed by atoms with Crippen LogP contribution in [0.15, 0.2) is 18.2 Å². The fraction of sp³-hybridized carbons (Fsp3) is 0.533. The minimum atomic E-state index is 0.146. The number of Topliss-reactive ketones (excluding diaryl/α,β-unsaturated/α-hetero) is 1. The molecular formula is C15H20O. The monoisotopic (exact) mass is 216 g/mol. The van der Waals surface area contributed by atoms with Crippen molar-refractivity contribution in [2.24, 2.45) is 5.92 Å². The van der Waals surface area contributed by atoms with E-state index >= 15 is 0 Å². The first-order chi connectivity index (χ1) is 7.58. The molecular weight excluding hydrogens is 196 g/mol. The molecule has 1 aromatic rings. The van der Waals surface area contributed by atoms with E-state index in [1.165, 1.54) is 23.1 Å². The van der Waals surface area contributed by atoms with E-state index in [1.54, 1.807) is 0 Å². The summed E-state index contributed by atoms with van der Waals surface area (Å²) in [5, 5.41) is 0. The topological polar surface area (TPSA) is 17.1 Å². The van der Waals surface area contributed by atoms with Crippen LogP contribution in [0.4, 0.5) is 0 Å². The fourth-order valence-electron chi connectivity index (χ4n) is 2.94.